The van der Waals surface area contributed by atoms with Crippen LogP contribution in [0.3, 0.4) is 0 Å². The van der Waals surface area contributed by atoms with E-state index in [0.717, 1.165) is 11.1 Å². The van der Waals surface area contributed by atoms with E-state index in [9.17, 15) is 14.9 Å². The fourth-order valence-corrected chi connectivity index (χ4v) is 1.98. The van der Waals surface area contributed by atoms with Crippen molar-refractivity contribution >= 4 is 28.9 Å². The van der Waals surface area contributed by atoms with Crippen LogP contribution in [0.15, 0.2) is 42.5 Å². The van der Waals surface area contributed by atoms with E-state index in [2.05, 4.69) is 5.32 Å². The lowest BCUT2D eigenvalue weighted by atomic mass is 10.1. The third-order valence-electron chi connectivity index (χ3n) is 3.04. The molecule has 108 valence electrons. The number of nitro groups is 1. The number of rotatable bonds is 4. The van der Waals surface area contributed by atoms with E-state index < -0.39 is 4.92 Å². The maximum absolute atomic E-state index is 12.1. The Morgan fingerprint density at radius 3 is 2.48 bits per heavy atom. The van der Waals surface area contributed by atoms with Gasteiger partial charge >= 0.3 is 0 Å². The number of carbonyl (C=O) groups is 1. The number of hydrogen-bond acceptors (Lipinski definition) is 3. The normalized spacial score (nSPS) is 10.2. The molecule has 5 nitrogen and oxygen atoms in total. The second kappa shape index (κ2) is 6.37. The van der Waals surface area contributed by atoms with Gasteiger partial charge in [-0.25, -0.2) is 0 Å². The molecule has 0 heterocycles. The Bertz CT molecular complexity index is 684. The maximum atomic E-state index is 12.1. The van der Waals surface area contributed by atoms with Crippen molar-refractivity contribution in [3.8, 4) is 0 Å². The zero-order valence-corrected chi connectivity index (χ0v) is 12.1. The van der Waals surface area contributed by atoms with Gasteiger partial charge in [0.25, 0.3) is 11.6 Å². The summed E-state index contributed by atoms with van der Waals surface area (Å²) in [5, 5.41) is 13.4. The molecule has 0 saturated heterocycles. The first kappa shape index (κ1) is 15.0. The minimum atomic E-state index is -0.504. The van der Waals surface area contributed by atoms with Crippen LogP contribution in [0.5, 0.6) is 0 Å². The first-order valence-corrected chi connectivity index (χ1v) is 6.76. The average molecular weight is 305 g/mol. The summed E-state index contributed by atoms with van der Waals surface area (Å²) in [6.45, 7) is 1.88. The second-order valence-corrected chi connectivity index (χ2v) is 4.81. The first-order chi connectivity index (χ1) is 10.0. The molecule has 6 heteroatoms. The number of anilines is 1. The zero-order valence-electron chi connectivity index (χ0n) is 11.3. The van der Waals surface area contributed by atoms with E-state index in [-0.39, 0.29) is 11.6 Å². The summed E-state index contributed by atoms with van der Waals surface area (Å²) in [5.74, 6) is 0.0421. The van der Waals surface area contributed by atoms with Crippen LogP contribution in [0.4, 0.5) is 11.4 Å². The lowest BCUT2D eigenvalue weighted by Gasteiger charge is -2.09. The van der Waals surface area contributed by atoms with Crippen molar-refractivity contribution in [1.29, 1.82) is 0 Å². The van der Waals surface area contributed by atoms with Gasteiger partial charge in [0.1, 0.15) is 0 Å². The molecular formula is C15H13ClN2O3. The number of nitrogens with one attached hydrogen (secondary N) is 1. The highest BCUT2D eigenvalue weighted by molar-refractivity contribution is 6.17. The number of benzene rings is 2. The third-order valence-corrected chi connectivity index (χ3v) is 3.35. The summed E-state index contributed by atoms with van der Waals surface area (Å²) in [6, 6.07) is 11.0. The van der Waals surface area contributed by atoms with Crippen molar-refractivity contribution in [2.45, 2.75) is 12.8 Å². The summed E-state index contributed by atoms with van der Waals surface area (Å²) in [6.07, 6.45) is 0. The molecule has 0 spiro atoms. The van der Waals surface area contributed by atoms with Crippen LogP contribution in [0.2, 0.25) is 0 Å². The summed E-state index contributed by atoms with van der Waals surface area (Å²) in [5.41, 5.74) is 2.81. The minimum absolute atomic E-state index is 0.0492. The van der Waals surface area contributed by atoms with E-state index in [4.69, 9.17) is 11.6 Å². The third kappa shape index (κ3) is 3.58. The van der Waals surface area contributed by atoms with Gasteiger partial charge in [-0.05, 0) is 36.2 Å². The second-order valence-electron chi connectivity index (χ2n) is 4.54. The van der Waals surface area contributed by atoms with Crippen LogP contribution in [0.25, 0.3) is 0 Å². The Hall–Kier alpha value is -2.40. The molecule has 1 N–H and O–H groups in total. The molecule has 0 radical (unpaired) electrons. The number of amides is 1. The van der Waals surface area contributed by atoms with Crippen molar-refractivity contribution < 1.29 is 9.72 Å². The van der Waals surface area contributed by atoms with E-state index in [1.165, 1.54) is 24.3 Å². The van der Waals surface area contributed by atoms with Gasteiger partial charge in [-0.1, -0.05) is 12.1 Å². The molecule has 0 bridgehead atoms. The number of hydrogen-bond donors (Lipinski definition) is 1. The predicted molar refractivity (Wildman–Crippen MR) is 81.8 cm³/mol. The van der Waals surface area contributed by atoms with Crippen LogP contribution in [-0.4, -0.2) is 10.8 Å². The number of nitrogens with zero attached hydrogens (tertiary/aromatic N) is 1. The smallest absolute Gasteiger partial charge is 0.269 e. The Morgan fingerprint density at radius 1 is 1.24 bits per heavy atom. The van der Waals surface area contributed by atoms with Gasteiger partial charge in [0, 0.05) is 29.3 Å². The highest BCUT2D eigenvalue weighted by Gasteiger charge is 2.11. The average Bonchev–Trinajstić information content (AvgIpc) is 2.49. The molecular weight excluding hydrogens is 292 g/mol. The van der Waals surface area contributed by atoms with Crippen molar-refractivity contribution in [2.75, 3.05) is 5.32 Å². The van der Waals surface area contributed by atoms with Gasteiger partial charge < -0.3 is 5.32 Å². The Balaban J connectivity index is 2.19. The summed E-state index contributed by atoms with van der Waals surface area (Å²) >= 11 is 5.78. The fourth-order valence-electron chi connectivity index (χ4n) is 1.82. The highest BCUT2D eigenvalue weighted by atomic mass is 35.5. The summed E-state index contributed by atoms with van der Waals surface area (Å²) in [7, 11) is 0. The molecule has 2 aromatic carbocycles. The standard InChI is InChI=1S/C15H13ClN2O3/c1-10-2-3-11(9-16)8-14(10)17-15(19)12-4-6-13(7-5-12)18(20)21/h2-8H,9H2,1H3,(H,17,19). The summed E-state index contributed by atoms with van der Waals surface area (Å²) < 4.78 is 0. The largest absolute Gasteiger partial charge is 0.322 e. The number of halogens is 1. The van der Waals surface area contributed by atoms with Gasteiger partial charge in [-0.3, -0.25) is 14.9 Å². The van der Waals surface area contributed by atoms with Crippen LogP contribution in [0.1, 0.15) is 21.5 Å². The SMILES string of the molecule is Cc1ccc(CCl)cc1NC(=O)c1ccc([N+](=O)[O-])cc1. The van der Waals surface area contributed by atoms with Gasteiger partial charge in [-0.2, -0.15) is 0 Å². The van der Waals surface area contributed by atoms with Gasteiger partial charge in [0.05, 0.1) is 4.92 Å². The molecule has 21 heavy (non-hydrogen) atoms. The molecule has 2 rings (SSSR count). The lowest BCUT2D eigenvalue weighted by molar-refractivity contribution is -0.384. The molecule has 0 aliphatic rings. The van der Waals surface area contributed by atoms with Crippen molar-refractivity contribution in [2.24, 2.45) is 0 Å². The Kier molecular flexibility index (Phi) is 4.55. The summed E-state index contributed by atoms with van der Waals surface area (Å²) in [4.78, 5) is 22.2. The molecule has 0 fully saturated rings. The number of nitro benzene ring substituents is 1. The van der Waals surface area contributed by atoms with E-state index >= 15 is 0 Å². The number of alkyl halides is 1. The fraction of sp³-hybridized carbons (Fsp3) is 0.133. The molecule has 2 aromatic rings. The molecule has 0 atom stereocenters. The van der Waals surface area contributed by atoms with Gasteiger partial charge in [0.2, 0.25) is 0 Å². The van der Waals surface area contributed by atoms with Gasteiger partial charge in [-0.15, -0.1) is 11.6 Å². The number of aryl methyl sites for hydroxylation is 1. The predicted octanol–water partition coefficient (Wildman–Crippen LogP) is 3.89. The van der Waals surface area contributed by atoms with Crippen LogP contribution >= 0.6 is 11.6 Å². The molecule has 0 saturated carbocycles. The molecule has 0 aromatic heterocycles. The highest BCUT2D eigenvalue weighted by Crippen LogP contribution is 2.20. The van der Waals surface area contributed by atoms with Gasteiger partial charge in [0.15, 0.2) is 0 Å². The quantitative estimate of drug-likeness (QED) is 0.529. The van der Waals surface area contributed by atoms with Crippen LogP contribution in [-0.2, 0) is 5.88 Å². The Morgan fingerprint density at radius 2 is 1.90 bits per heavy atom. The minimum Gasteiger partial charge on any atom is -0.322 e. The number of non-ortho nitro benzene ring substituents is 1. The van der Waals surface area contributed by atoms with E-state index in [1.807, 2.05) is 25.1 Å². The first-order valence-electron chi connectivity index (χ1n) is 6.22. The molecule has 0 aliphatic carbocycles. The number of carbonyl (C=O) groups excluding carboxylic acids is 1. The lowest BCUT2D eigenvalue weighted by Crippen LogP contribution is -2.13. The van der Waals surface area contributed by atoms with E-state index in [1.54, 1.807) is 0 Å². The molecule has 0 aliphatic heterocycles. The van der Waals surface area contributed by atoms with Crippen molar-refractivity contribution in [3.05, 3.63) is 69.3 Å². The van der Waals surface area contributed by atoms with E-state index in [0.29, 0.717) is 17.1 Å². The van der Waals surface area contributed by atoms with Crippen molar-refractivity contribution in [3.63, 3.8) is 0 Å². The zero-order chi connectivity index (χ0) is 15.4. The van der Waals surface area contributed by atoms with Crippen LogP contribution in [0, 0.1) is 17.0 Å². The monoisotopic (exact) mass is 304 g/mol. The van der Waals surface area contributed by atoms with Crippen LogP contribution < -0.4 is 5.32 Å². The van der Waals surface area contributed by atoms with Crippen molar-refractivity contribution in [1.82, 2.24) is 0 Å². The Labute approximate surface area is 126 Å². The molecule has 0 unspecified atom stereocenters. The maximum Gasteiger partial charge on any atom is 0.269 e. The molecule has 1 amide bonds. The topological polar surface area (TPSA) is 72.2 Å².